The van der Waals surface area contributed by atoms with Crippen LogP contribution in [0.5, 0.6) is 5.75 Å². The zero-order valence-electron chi connectivity index (χ0n) is 38.7. The summed E-state index contributed by atoms with van der Waals surface area (Å²) in [5, 5.41) is 14.6. The number of Topliss-reactive ketones (excluding diaryl/α,β-unsaturated/α-hetero) is 1. The number of carbonyl (C=O) groups is 5. The molecular formula is C47H68ClN3O11S2. The zero-order chi connectivity index (χ0) is 46.8. The second-order valence-electron chi connectivity index (χ2n) is 17.9. The van der Waals surface area contributed by atoms with Crippen LogP contribution < -0.4 is 15.0 Å². The van der Waals surface area contributed by atoms with Gasteiger partial charge in [0.15, 0.2) is 5.72 Å². The van der Waals surface area contributed by atoms with E-state index in [9.17, 15) is 29.1 Å². The quantitative estimate of drug-likeness (QED) is 0.0796. The smallest absolute Gasteiger partial charge is 0.409 e. The van der Waals surface area contributed by atoms with Crippen LogP contribution >= 0.6 is 33.2 Å². The number of rotatable bonds is 14. The zero-order valence-corrected chi connectivity index (χ0v) is 41.0. The lowest BCUT2D eigenvalue weighted by molar-refractivity contribution is -0.162. The van der Waals surface area contributed by atoms with Crippen LogP contribution in [-0.4, -0.2) is 121 Å². The van der Waals surface area contributed by atoms with Crippen molar-refractivity contribution >= 4 is 68.5 Å². The van der Waals surface area contributed by atoms with Crippen molar-refractivity contribution in [3.8, 4) is 5.75 Å². The standard InChI is InChI=1S/C47H68ClN3O11S2/c1-29-16-14-20-38(59-8)47(57)28-37(60-45(56)49-47)30(2)43-46(4,62-43)39(27-41(54)51(6)34-25-32(24-29)26-36(58-7)42(34)48)61-44(55)31(3)50(5)40(53)21-23-64-63-22-15-19-35(52)33-17-12-10-9-11-13-18-33/h14,16,20,25-26,30-31,33,37-39,43,57H,9-13,15,17-19,21-24,27-28H2,1-8H3,(H,49,56)/b20-14+,29-16+/t30-,31+,37+,38-,39+,43+,46+,47+/m0/s1. The number of carbonyl (C=O) groups excluding carboxylic acids is 5. The lowest BCUT2D eigenvalue weighted by Gasteiger charge is -2.42. The van der Waals surface area contributed by atoms with Crippen LogP contribution in [0.3, 0.4) is 0 Å². The summed E-state index contributed by atoms with van der Waals surface area (Å²) in [5.41, 5.74) is -0.950. The van der Waals surface area contributed by atoms with Gasteiger partial charge in [0.2, 0.25) is 11.8 Å². The molecule has 64 heavy (non-hydrogen) atoms. The van der Waals surface area contributed by atoms with Gasteiger partial charge in [0.1, 0.15) is 46.5 Å². The van der Waals surface area contributed by atoms with Crippen LogP contribution in [0.1, 0.15) is 110 Å². The van der Waals surface area contributed by atoms with Gasteiger partial charge in [-0.3, -0.25) is 19.7 Å². The SMILES string of the molecule is COc1cc2cc(c1Cl)N(C)C(=O)C[C@@H](OC(=O)[C@@H](C)N(C)C(=O)CCSSCCCC(=O)C1CCCCCCC1)[C@@]1(C)O[C@@H]1[C@@H](C)[C@H]1C[C@](O)(NC(=O)O1)[C@@H](OC)/C=C/C=C(\C)C2. The van der Waals surface area contributed by atoms with Gasteiger partial charge in [-0.1, -0.05) is 96.0 Å². The van der Waals surface area contributed by atoms with E-state index in [1.807, 2.05) is 13.0 Å². The summed E-state index contributed by atoms with van der Waals surface area (Å²) in [6.07, 6.45) is 10.5. The van der Waals surface area contributed by atoms with Crippen LogP contribution in [0, 0.1) is 11.8 Å². The second-order valence-corrected chi connectivity index (χ2v) is 21.0. The number of alkyl carbamates (subject to hydrolysis) is 1. The number of halogens is 1. The maximum absolute atomic E-state index is 14.3. The highest BCUT2D eigenvalue weighted by Crippen LogP contribution is 2.49. The maximum atomic E-state index is 14.3. The number of methoxy groups -OCH3 is 2. The third kappa shape index (κ3) is 13.2. The number of esters is 1. The summed E-state index contributed by atoms with van der Waals surface area (Å²) >= 11 is 6.81. The summed E-state index contributed by atoms with van der Waals surface area (Å²) in [4.78, 5) is 70.1. The van der Waals surface area contributed by atoms with Crippen molar-refractivity contribution in [2.75, 3.05) is 44.7 Å². The van der Waals surface area contributed by atoms with Crippen molar-refractivity contribution in [1.82, 2.24) is 10.2 Å². The van der Waals surface area contributed by atoms with Gasteiger partial charge in [-0.2, -0.15) is 0 Å². The summed E-state index contributed by atoms with van der Waals surface area (Å²) in [5.74, 6) is 0.370. The molecule has 3 heterocycles. The molecule has 1 aromatic rings. The molecule has 3 aliphatic heterocycles. The molecule has 14 nitrogen and oxygen atoms in total. The van der Waals surface area contributed by atoms with Crippen molar-refractivity contribution in [1.29, 1.82) is 0 Å². The molecule has 0 radical (unpaired) electrons. The Labute approximate surface area is 391 Å². The van der Waals surface area contributed by atoms with E-state index in [2.05, 4.69) is 5.32 Å². The Kier molecular flexibility index (Phi) is 18.9. The number of nitrogens with one attached hydrogen (secondary N) is 1. The van der Waals surface area contributed by atoms with E-state index in [1.165, 1.54) is 43.3 Å². The predicted molar refractivity (Wildman–Crippen MR) is 251 cm³/mol. The summed E-state index contributed by atoms with van der Waals surface area (Å²) < 4.78 is 29.5. The lowest BCUT2D eigenvalue weighted by atomic mass is 9.83. The number of benzene rings is 1. The third-order valence-electron chi connectivity index (χ3n) is 13.2. The number of ketones is 1. The number of likely N-dealkylation sites (N-methyl/N-ethyl adjacent to an activating group) is 1. The molecule has 8 atom stereocenters. The van der Waals surface area contributed by atoms with Gasteiger partial charge in [0.25, 0.3) is 0 Å². The molecule has 17 heteroatoms. The van der Waals surface area contributed by atoms with Gasteiger partial charge in [-0.05, 0) is 64.2 Å². The number of fused-ring (bicyclic) bond motifs is 5. The number of ether oxygens (including phenoxy) is 5. The maximum Gasteiger partial charge on any atom is 0.409 e. The van der Waals surface area contributed by atoms with Crippen molar-refractivity contribution in [2.24, 2.45) is 11.8 Å². The van der Waals surface area contributed by atoms with E-state index in [4.69, 9.17) is 35.3 Å². The van der Waals surface area contributed by atoms with E-state index in [-0.39, 0.29) is 36.1 Å². The van der Waals surface area contributed by atoms with Crippen LogP contribution in [0.2, 0.25) is 5.02 Å². The first-order valence-electron chi connectivity index (χ1n) is 22.5. The lowest BCUT2D eigenvalue weighted by Crippen LogP contribution is -2.63. The molecule has 3 fully saturated rings. The number of nitrogens with zero attached hydrogens (tertiary/aromatic N) is 2. The van der Waals surface area contributed by atoms with E-state index in [0.717, 1.165) is 49.0 Å². The number of amides is 3. The van der Waals surface area contributed by atoms with Crippen LogP contribution in [0.4, 0.5) is 10.5 Å². The Bertz CT molecular complexity index is 1890. The van der Waals surface area contributed by atoms with Crippen molar-refractivity contribution in [3.63, 3.8) is 0 Å². The minimum Gasteiger partial charge on any atom is -0.495 e. The minimum atomic E-state index is -1.84. The Morgan fingerprint density at radius 3 is 2.45 bits per heavy atom. The van der Waals surface area contributed by atoms with Crippen molar-refractivity contribution in [3.05, 3.63) is 46.5 Å². The van der Waals surface area contributed by atoms with Gasteiger partial charge < -0.3 is 38.6 Å². The monoisotopic (exact) mass is 949 g/mol. The van der Waals surface area contributed by atoms with Crippen LogP contribution in [-0.2, 0) is 44.5 Å². The number of allylic oxidation sites excluding steroid dienone is 3. The van der Waals surface area contributed by atoms with Gasteiger partial charge in [-0.15, -0.1) is 0 Å². The normalized spacial score (nSPS) is 29.9. The molecular weight excluding hydrogens is 882 g/mol. The van der Waals surface area contributed by atoms with Crippen molar-refractivity contribution in [2.45, 2.75) is 153 Å². The first kappa shape index (κ1) is 51.7. The molecule has 2 N–H and O–H groups in total. The molecule has 1 aromatic carbocycles. The summed E-state index contributed by atoms with van der Waals surface area (Å²) in [6, 6.07) is 2.59. The molecule has 1 aliphatic carbocycles. The summed E-state index contributed by atoms with van der Waals surface area (Å²) in [6.45, 7) is 7.04. The van der Waals surface area contributed by atoms with Gasteiger partial charge in [0.05, 0.1) is 25.3 Å². The largest absolute Gasteiger partial charge is 0.495 e. The Balaban J connectivity index is 1.28. The molecule has 5 rings (SSSR count). The van der Waals surface area contributed by atoms with Gasteiger partial charge >= 0.3 is 12.1 Å². The van der Waals surface area contributed by atoms with Crippen LogP contribution in [0.15, 0.2) is 35.9 Å². The summed E-state index contributed by atoms with van der Waals surface area (Å²) in [7, 11) is 9.28. The molecule has 1 saturated carbocycles. The molecule has 0 aromatic heterocycles. The first-order valence-corrected chi connectivity index (χ1v) is 25.4. The Morgan fingerprint density at radius 1 is 1.08 bits per heavy atom. The highest BCUT2D eigenvalue weighted by atomic mass is 35.5. The fraction of sp³-hybridized carbons (Fsp3) is 0.681. The van der Waals surface area contributed by atoms with Gasteiger partial charge in [0, 0.05) is 63.8 Å². The van der Waals surface area contributed by atoms with E-state index in [0.29, 0.717) is 35.8 Å². The highest BCUT2D eigenvalue weighted by molar-refractivity contribution is 8.76. The van der Waals surface area contributed by atoms with Crippen molar-refractivity contribution < 1.29 is 52.8 Å². The fourth-order valence-corrected chi connectivity index (χ4v) is 11.3. The third-order valence-corrected chi connectivity index (χ3v) is 16.1. The number of aliphatic hydroxyl groups is 1. The molecule has 4 bridgehead atoms. The Morgan fingerprint density at radius 2 is 1.77 bits per heavy atom. The number of hydrogen-bond acceptors (Lipinski definition) is 13. The van der Waals surface area contributed by atoms with E-state index >= 15 is 0 Å². The highest BCUT2D eigenvalue weighted by Gasteiger charge is 2.64. The molecule has 0 spiro atoms. The molecule has 0 unspecified atom stereocenters. The van der Waals surface area contributed by atoms with Gasteiger partial charge in [-0.25, -0.2) is 9.59 Å². The van der Waals surface area contributed by atoms with E-state index < -0.39 is 65.7 Å². The molecule has 356 valence electrons. The topological polar surface area (TPSA) is 174 Å². The molecule has 3 amide bonds. The van der Waals surface area contributed by atoms with Crippen LogP contribution in [0.25, 0.3) is 0 Å². The molecule has 2 saturated heterocycles. The average molecular weight is 951 g/mol. The number of anilines is 1. The van der Waals surface area contributed by atoms with E-state index in [1.54, 1.807) is 80.7 Å². The fourth-order valence-electron chi connectivity index (χ4n) is 8.93. The average Bonchev–Trinajstić information content (AvgIpc) is 3.94. The first-order chi connectivity index (χ1) is 30.4. The number of epoxide rings is 1. The minimum absolute atomic E-state index is 0.0571. The number of hydrogen-bond donors (Lipinski definition) is 2. The Hall–Kier alpha value is -3.28. The predicted octanol–water partition coefficient (Wildman–Crippen LogP) is 8.00. The second kappa shape index (κ2) is 23.4. The molecule has 4 aliphatic rings.